The van der Waals surface area contributed by atoms with Crippen LogP contribution < -0.4 is 5.73 Å². The van der Waals surface area contributed by atoms with E-state index in [0.29, 0.717) is 37.5 Å². The van der Waals surface area contributed by atoms with E-state index in [9.17, 15) is 22.8 Å². The number of nitrogens with zero attached hydrogens (tertiary/aromatic N) is 2. The Hall–Kier alpha value is -1.72. The van der Waals surface area contributed by atoms with Crippen molar-refractivity contribution in [3.05, 3.63) is 0 Å². The maximum Gasteiger partial charge on any atom is 0.534 e. The van der Waals surface area contributed by atoms with Crippen molar-refractivity contribution in [3.63, 3.8) is 0 Å². The SMILES string of the molecule is NCCCCCC(CS(=O)(=O)N1CCCC1)OC(=O)ON1C(=O)CCC1=O. The van der Waals surface area contributed by atoms with Crippen molar-refractivity contribution in [1.29, 1.82) is 0 Å². The number of hydrogen-bond donors (Lipinski definition) is 1. The number of unbranched alkanes of at least 4 members (excludes halogenated alkanes) is 2. The van der Waals surface area contributed by atoms with E-state index in [4.69, 9.17) is 10.5 Å². The van der Waals surface area contributed by atoms with Gasteiger partial charge in [-0.1, -0.05) is 11.5 Å². The summed E-state index contributed by atoms with van der Waals surface area (Å²) in [5, 5.41) is 0.378. The number of carbonyl (C=O) groups is 3. The van der Waals surface area contributed by atoms with Crippen molar-refractivity contribution in [2.45, 2.75) is 57.5 Å². The van der Waals surface area contributed by atoms with E-state index in [0.717, 1.165) is 25.7 Å². The van der Waals surface area contributed by atoms with Crippen LogP contribution in [0.2, 0.25) is 0 Å². The lowest BCUT2D eigenvalue weighted by atomic mass is 10.1. The van der Waals surface area contributed by atoms with Crippen LogP contribution in [-0.2, 0) is 29.2 Å². The Bertz CT molecular complexity index is 630. The lowest BCUT2D eigenvalue weighted by Gasteiger charge is -2.22. The number of hydroxylamine groups is 2. The van der Waals surface area contributed by atoms with Gasteiger partial charge in [0.25, 0.3) is 11.8 Å². The number of rotatable bonds is 10. The smallest absolute Gasteiger partial charge is 0.428 e. The van der Waals surface area contributed by atoms with E-state index >= 15 is 0 Å². The highest BCUT2D eigenvalue weighted by Crippen LogP contribution is 2.19. The van der Waals surface area contributed by atoms with Gasteiger partial charge >= 0.3 is 6.16 Å². The van der Waals surface area contributed by atoms with Crippen LogP contribution in [0.15, 0.2) is 0 Å². The van der Waals surface area contributed by atoms with Crippen LogP contribution in [0, 0.1) is 0 Å². The fourth-order valence-electron chi connectivity index (χ4n) is 3.07. The fraction of sp³-hybridized carbons (Fsp3) is 0.812. The quantitative estimate of drug-likeness (QED) is 0.315. The summed E-state index contributed by atoms with van der Waals surface area (Å²) in [7, 11) is -3.57. The van der Waals surface area contributed by atoms with Crippen LogP contribution in [0.3, 0.4) is 0 Å². The van der Waals surface area contributed by atoms with Crippen LogP contribution in [0.5, 0.6) is 0 Å². The number of amides is 2. The predicted molar refractivity (Wildman–Crippen MR) is 94.6 cm³/mol. The first-order chi connectivity index (χ1) is 12.8. The molecule has 0 aromatic carbocycles. The van der Waals surface area contributed by atoms with Gasteiger partial charge in [0.05, 0.1) is 0 Å². The van der Waals surface area contributed by atoms with E-state index in [1.165, 1.54) is 4.31 Å². The summed E-state index contributed by atoms with van der Waals surface area (Å²) < 4.78 is 31.6. The van der Waals surface area contributed by atoms with Crippen LogP contribution in [0.1, 0.15) is 51.4 Å². The van der Waals surface area contributed by atoms with Crippen molar-refractivity contribution in [3.8, 4) is 0 Å². The average Bonchev–Trinajstić information content (AvgIpc) is 3.25. The molecule has 1 atom stereocenters. The Balaban J connectivity index is 1.94. The molecule has 2 amide bonds. The molecule has 154 valence electrons. The third-order valence-electron chi connectivity index (χ3n) is 4.52. The zero-order valence-electron chi connectivity index (χ0n) is 15.3. The molecule has 2 aliphatic heterocycles. The first kappa shape index (κ1) is 21.6. The molecule has 11 heteroatoms. The molecule has 2 N–H and O–H groups in total. The summed E-state index contributed by atoms with van der Waals surface area (Å²) in [6.45, 7) is 1.45. The molecule has 27 heavy (non-hydrogen) atoms. The summed E-state index contributed by atoms with van der Waals surface area (Å²) in [5.41, 5.74) is 5.45. The zero-order chi connectivity index (χ0) is 19.9. The van der Waals surface area contributed by atoms with Gasteiger partial charge in [-0.25, -0.2) is 17.5 Å². The van der Waals surface area contributed by atoms with Gasteiger partial charge in [0.1, 0.15) is 11.9 Å². The van der Waals surface area contributed by atoms with Crippen molar-refractivity contribution in [2.75, 3.05) is 25.4 Å². The lowest BCUT2D eigenvalue weighted by molar-refractivity contribution is -0.178. The number of carbonyl (C=O) groups excluding carboxylic acids is 3. The molecule has 0 saturated carbocycles. The molecular weight excluding hydrogens is 378 g/mol. The van der Waals surface area contributed by atoms with Gasteiger partial charge in [-0.3, -0.25) is 14.4 Å². The molecule has 0 aromatic heterocycles. The van der Waals surface area contributed by atoms with Gasteiger partial charge < -0.3 is 10.5 Å². The number of sulfonamides is 1. The highest BCUT2D eigenvalue weighted by atomic mass is 32.2. The molecule has 2 heterocycles. The summed E-state index contributed by atoms with van der Waals surface area (Å²) in [6, 6.07) is 0. The molecule has 2 saturated heterocycles. The monoisotopic (exact) mass is 405 g/mol. The Kier molecular flexibility index (Phi) is 7.99. The first-order valence-electron chi connectivity index (χ1n) is 9.26. The van der Waals surface area contributed by atoms with Crippen LogP contribution in [-0.4, -0.2) is 67.2 Å². The van der Waals surface area contributed by atoms with Crippen LogP contribution in [0.4, 0.5) is 4.79 Å². The van der Waals surface area contributed by atoms with Crippen molar-refractivity contribution < 1.29 is 32.4 Å². The van der Waals surface area contributed by atoms with Crippen LogP contribution >= 0.6 is 0 Å². The molecule has 0 aliphatic carbocycles. The summed E-state index contributed by atoms with van der Waals surface area (Å²) in [6.07, 6.45) is 1.90. The molecule has 10 nitrogen and oxygen atoms in total. The minimum absolute atomic E-state index is 0.0298. The number of hydrogen-bond acceptors (Lipinski definition) is 8. The maximum absolute atomic E-state index is 12.5. The van der Waals surface area contributed by atoms with Gasteiger partial charge in [0, 0.05) is 25.9 Å². The second-order valence-electron chi connectivity index (χ2n) is 6.69. The highest BCUT2D eigenvalue weighted by molar-refractivity contribution is 7.89. The molecule has 2 aliphatic rings. The lowest BCUT2D eigenvalue weighted by Crippen LogP contribution is -2.38. The molecule has 0 bridgehead atoms. The Labute approximate surface area is 158 Å². The third-order valence-corrected chi connectivity index (χ3v) is 6.46. The second-order valence-corrected chi connectivity index (χ2v) is 8.70. The Morgan fingerprint density at radius 1 is 1.07 bits per heavy atom. The van der Waals surface area contributed by atoms with Crippen molar-refractivity contribution in [1.82, 2.24) is 9.37 Å². The molecule has 0 aromatic rings. The largest absolute Gasteiger partial charge is 0.534 e. The minimum Gasteiger partial charge on any atom is -0.428 e. The zero-order valence-corrected chi connectivity index (χ0v) is 16.1. The standard InChI is InChI=1S/C16H27N3O7S/c17-9-3-1-2-6-13(12-27(23,24)18-10-4-5-11-18)25-16(22)26-19-14(20)7-8-15(19)21/h13H,1-12,17H2. The number of imide groups is 1. The molecular formula is C16H27N3O7S. The van der Waals surface area contributed by atoms with Crippen LogP contribution in [0.25, 0.3) is 0 Å². The fourth-order valence-corrected chi connectivity index (χ4v) is 4.80. The minimum atomic E-state index is -3.57. The molecule has 1 unspecified atom stereocenters. The van der Waals surface area contributed by atoms with Gasteiger partial charge in [-0.15, -0.1) is 0 Å². The van der Waals surface area contributed by atoms with Gasteiger partial charge in [-0.05, 0) is 38.6 Å². The van der Waals surface area contributed by atoms with E-state index in [1.807, 2.05) is 0 Å². The predicted octanol–water partition coefficient (Wildman–Crippen LogP) is 0.517. The molecule has 2 rings (SSSR count). The van der Waals surface area contributed by atoms with Crippen molar-refractivity contribution in [2.24, 2.45) is 5.73 Å². The van der Waals surface area contributed by atoms with E-state index in [1.54, 1.807) is 0 Å². The third kappa shape index (κ3) is 6.43. The molecule has 2 fully saturated rings. The van der Waals surface area contributed by atoms with Crippen molar-refractivity contribution >= 4 is 28.0 Å². The number of nitrogens with two attached hydrogens (primary N) is 1. The topological polar surface area (TPSA) is 136 Å². The summed E-state index contributed by atoms with van der Waals surface area (Å²) in [5.74, 6) is -1.60. The first-order valence-corrected chi connectivity index (χ1v) is 10.9. The van der Waals surface area contributed by atoms with E-state index in [2.05, 4.69) is 4.84 Å². The molecule has 0 radical (unpaired) electrons. The van der Waals surface area contributed by atoms with Gasteiger partial charge in [0.15, 0.2) is 0 Å². The highest BCUT2D eigenvalue weighted by Gasteiger charge is 2.35. The van der Waals surface area contributed by atoms with Gasteiger partial charge in [-0.2, -0.15) is 0 Å². The maximum atomic E-state index is 12.5. The van der Waals surface area contributed by atoms with E-state index < -0.39 is 34.1 Å². The summed E-state index contributed by atoms with van der Waals surface area (Å²) in [4.78, 5) is 39.7. The summed E-state index contributed by atoms with van der Waals surface area (Å²) >= 11 is 0. The Morgan fingerprint density at radius 2 is 1.70 bits per heavy atom. The Morgan fingerprint density at radius 3 is 2.30 bits per heavy atom. The second kappa shape index (κ2) is 10.00. The van der Waals surface area contributed by atoms with E-state index in [-0.39, 0.29) is 18.6 Å². The molecule has 0 spiro atoms. The average molecular weight is 405 g/mol. The number of ether oxygens (including phenoxy) is 1. The normalized spacial score (nSPS) is 19.5. The van der Waals surface area contributed by atoms with Gasteiger partial charge in [0.2, 0.25) is 10.0 Å².